The molecule has 1 fully saturated rings. The van der Waals surface area contributed by atoms with Gasteiger partial charge < -0.3 is 4.74 Å². The molecule has 0 bridgehead atoms. The van der Waals surface area contributed by atoms with Crippen molar-refractivity contribution in [3.8, 4) is 0 Å². The maximum atomic E-state index is 11.4. The highest BCUT2D eigenvalue weighted by Gasteiger charge is 2.18. The fourth-order valence-corrected chi connectivity index (χ4v) is 1.64. The standard InChI is InChI=1S/C14H16O2/c15-14(16-11-13-7-4-8-13)10-9-12-5-2-1-3-6-12/h1-3,5-6,9-10,13H,4,7-8,11H2. The molecule has 2 nitrogen and oxygen atoms in total. The molecule has 84 valence electrons. The third-order valence-electron chi connectivity index (χ3n) is 2.90. The van der Waals surface area contributed by atoms with Crippen LogP contribution in [0.15, 0.2) is 36.4 Å². The second kappa shape index (κ2) is 5.50. The molecule has 0 N–H and O–H groups in total. The van der Waals surface area contributed by atoms with E-state index < -0.39 is 0 Å². The van der Waals surface area contributed by atoms with Crippen molar-refractivity contribution in [1.82, 2.24) is 0 Å². The summed E-state index contributed by atoms with van der Waals surface area (Å²) < 4.78 is 5.14. The van der Waals surface area contributed by atoms with E-state index in [0.717, 1.165) is 5.56 Å². The zero-order chi connectivity index (χ0) is 11.2. The maximum absolute atomic E-state index is 11.4. The van der Waals surface area contributed by atoms with Gasteiger partial charge in [0.05, 0.1) is 6.61 Å². The van der Waals surface area contributed by atoms with E-state index in [9.17, 15) is 4.79 Å². The molecule has 0 spiro atoms. The number of benzene rings is 1. The quantitative estimate of drug-likeness (QED) is 0.571. The number of hydrogen-bond donors (Lipinski definition) is 0. The predicted octanol–water partition coefficient (Wildman–Crippen LogP) is 3.04. The van der Waals surface area contributed by atoms with Crippen LogP contribution in [-0.4, -0.2) is 12.6 Å². The molecular weight excluding hydrogens is 200 g/mol. The van der Waals surface area contributed by atoms with Crippen LogP contribution < -0.4 is 0 Å². The van der Waals surface area contributed by atoms with Crippen LogP contribution in [0, 0.1) is 5.92 Å². The van der Waals surface area contributed by atoms with Crippen molar-refractivity contribution < 1.29 is 9.53 Å². The van der Waals surface area contributed by atoms with Crippen molar-refractivity contribution in [1.29, 1.82) is 0 Å². The first-order valence-electron chi connectivity index (χ1n) is 5.74. The average Bonchev–Trinajstić information content (AvgIpc) is 2.26. The minimum Gasteiger partial charge on any atom is -0.462 e. The lowest BCUT2D eigenvalue weighted by Gasteiger charge is -2.24. The van der Waals surface area contributed by atoms with E-state index in [0.29, 0.717) is 12.5 Å². The molecule has 16 heavy (non-hydrogen) atoms. The Bertz CT molecular complexity index is 364. The number of ether oxygens (including phenoxy) is 1. The predicted molar refractivity (Wildman–Crippen MR) is 63.8 cm³/mol. The van der Waals surface area contributed by atoms with Crippen LogP contribution >= 0.6 is 0 Å². The van der Waals surface area contributed by atoms with Crippen molar-refractivity contribution in [3.63, 3.8) is 0 Å². The van der Waals surface area contributed by atoms with Crippen molar-refractivity contribution in [2.75, 3.05) is 6.61 Å². The Morgan fingerprint density at radius 3 is 2.69 bits per heavy atom. The smallest absolute Gasteiger partial charge is 0.330 e. The lowest BCUT2D eigenvalue weighted by atomic mass is 9.86. The zero-order valence-electron chi connectivity index (χ0n) is 9.26. The summed E-state index contributed by atoms with van der Waals surface area (Å²) in [5.74, 6) is 0.366. The first-order chi connectivity index (χ1) is 7.84. The van der Waals surface area contributed by atoms with E-state index in [1.165, 1.54) is 25.3 Å². The largest absolute Gasteiger partial charge is 0.462 e. The van der Waals surface area contributed by atoms with Gasteiger partial charge in [-0.2, -0.15) is 0 Å². The van der Waals surface area contributed by atoms with Gasteiger partial charge in [-0.3, -0.25) is 0 Å². The van der Waals surface area contributed by atoms with Crippen LogP contribution in [0.3, 0.4) is 0 Å². The zero-order valence-corrected chi connectivity index (χ0v) is 9.26. The Morgan fingerprint density at radius 1 is 1.31 bits per heavy atom. The summed E-state index contributed by atoms with van der Waals surface area (Å²) in [5, 5.41) is 0. The summed E-state index contributed by atoms with van der Waals surface area (Å²) in [6, 6.07) is 9.75. The fraction of sp³-hybridized carbons (Fsp3) is 0.357. The van der Waals surface area contributed by atoms with E-state index in [2.05, 4.69) is 0 Å². The Hall–Kier alpha value is -1.57. The summed E-state index contributed by atoms with van der Waals surface area (Å²) in [6.45, 7) is 0.581. The maximum Gasteiger partial charge on any atom is 0.330 e. The summed E-state index contributed by atoms with van der Waals surface area (Å²) in [6.07, 6.45) is 6.96. The number of rotatable bonds is 4. The van der Waals surface area contributed by atoms with Gasteiger partial charge in [-0.25, -0.2) is 4.79 Å². The summed E-state index contributed by atoms with van der Waals surface area (Å²) >= 11 is 0. The van der Waals surface area contributed by atoms with Crippen LogP contribution in [0.4, 0.5) is 0 Å². The Labute approximate surface area is 95.9 Å². The molecule has 0 amide bonds. The second-order valence-corrected chi connectivity index (χ2v) is 4.17. The lowest BCUT2D eigenvalue weighted by molar-refractivity contribution is -0.139. The van der Waals surface area contributed by atoms with E-state index in [4.69, 9.17) is 4.74 Å². The second-order valence-electron chi connectivity index (χ2n) is 4.17. The van der Waals surface area contributed by atoms with Crippen LogP contribution in [-0.2, 0) is 9.53 Å². The first-order valence-corrected chi connectivity index (χ1v) is 5.74. The molecule has 1 aliphatic rings. The fourth-order valence-electron chi connectivity index (χ4n) is 1.64. The summed E-state index contributed by atoms with van der Waals surface area (Å²) in [7, 11) is 0. The van der Waals surface area contributed by atoms with Gasteiger partial charge in [-0.15, -0.1) is 0 Å². The third kappa shape index (κ3) is 3.23. The number of carbonyl (C=O) groups is 1. The van der Waals surface area contributed by atoms with Gasteiger partial charge in [0.15, 0.2) is 0 Å². The van der Waals surface area contributed by atoms with Gasteiger partial charge in [0, 0.05) is 6.08 Å². The highest BCUT2D eigenvalue weighted by Crippen LogP contribution is 2.26. The molecule has 1 aliphatic carbocycles. The van der Waals surface area contributed by atoms with E-state index in [-0.39, 0.29) is 5.97 Å². The molecule has 0 heterocycles. The van der Waals surface area contributed by atoms with Crippen molar-refractivity contribution in [2.24, 2.45) is 5.92 Å². The Morgan fingerprint density at radius 2 is 2.06 bits per heavy atom. The highest BCUT2D eigenvalue weighted by molar-refractivity contribution is 5.87. The molecule has 1 aromatic carbocycles. The van der Waals surface area contributed by atoms with Gasteiger partial charge in [-0.05, 0) is 30.4 Å². The number of esters is 1. The normalized spacial score (nSPS) is 16.0. The van der Waals surface area contributed by atoms with Gasteiger partial charge in [0.1, 0.15) is 0 Å². The molecule has 0 atom stereocenters. The molecule has 0 unspecified atom stereocenters. The molecule has 2 rings (SSSR count). The van der Waals surface area contributed by atoms with Crippen molar-refractivity contribution >= 4 is 12.0 Å². The lowest BCUT2D eigenvalue weighted by Crippen LogP contribution is -2.19. The third-order valence-corrected chi connectivity index (χ3v) is 2.90. The molecule has 1 aromatic rings. The first kappa shape index (κ1) is 10.9. The summed E-state index contributed by atoms with van der Waals surface area (Å²) in [4.78, 5) is 11.4. The molecule has 2 heteroatoms. The van der Waals surface area contributed by atoms with Crippen molar-refractivity contribution in [3.05, 3.63) is 42.0 Å². The molecular formula is C14H16O2. The van der Waals surface area contributed by atoms with Gasteiger partial charge in [0.2, 0.25) is 0 Å². The number of hydrogen-bond acceptors (Lipinski definition) is 2. The minimum atomic E-state index is -0.240. The number of carbonyl (C=O) groups excluding carboxylic acids is 1. The Kier molecular flexibility index (Phi) is 3.76. The van der Waals surface area contributed by atoms with E-state index in [1.54, 1.807) is 6.08 Å². The van der Waals surface area contributed by atoms with Gasteiger partial charge in [0.25, 0.3) is 0 Å². The van der Waals surface area contributed by atoms with Crippen molar-refractivity contribution in [2.45, 2.75) is 19.3 Å². The summed E-state index contributed by atoms with van der Waals surface area (Å²) in [5.41, 5.74) is 1.02. The molecule has 1 saturated carbocycles. The molecule has 0 aliphatic heterocycles. The molecule has 0 radical (unpaired) electrons. The van der Waals surface area contributed by atoms with Crippen LogP contribution in [0.2, 0.25) is 0 Å². The minimum absolute atomic E-state index is 0.240. The van der Waals surface area contributed by atoms with Crippen LogP contribution in [0.25, 0.3) is 6.08 Å². The highest BCUT2D eigenvalue weighted by atomic mass is 16.5. The topological polar surface area (TPSA) is 26.3 Å². The van der Waals surface area contributed by atoms with Gasteiger partial charge >= 0.3 is 5.97 Å². The average molecular weight is 216 g/mol. The van der Waals surface area contributed by atoms with E-state index in [1.807, 2.05) is 30.3 Å². The van der Waals surface area contributed by atoms with Crippen LogP contribution in [0.5, 0.6) is 0 Å². The van der Waals surface area contributed by atoms with Gasteiger partial charge in [-0.1, -0.05) is 36.8 Å². The van der Waals surface area contributed by atoms with E-state index >= 15 is 0 Å². The Balaban J connectivity index is 1.75. The molecule has 0 saturated heterocycles. The SMILES string of the molecule is O=C(C=Cc1ccccc1)OCC1CCC1. The monoisotopic (exact) mass is 216 g/mol. The molecule has 0 aromatic heterocycles. The van der Waals surface area contributed by atoms with Crippen LogP contribution in [0.1, 0.15) is 24.8 Å².